The Hall–Kier alpha value is -8.28. The van der Waals surface area contributed by atoms with Crippen molar-refractivity contribution in [2.45, 2.75) is 161 Å². The summed E-state index contributed by atoms with van der Waals surface area (Å²) in [6.45, 7) is 23.2. The van der Waals surface area contributed by atoms with Crippen molar-refractivity contribution >= 4 is 59.7 Å². The second kappa shape index (κ2) is 32.8. The number of aliphatic hydroxyl groups excluding tert-OH is 1. The Morgan fingerprint density at radius 1 is 0.732 bits per heavy atom. The number of esters is 1. The van der Waals surface area contributed by atoms with Crippen molar-refractivity contribution in [3.63, 3.8) is 0 Å². The van der Waals surface area contributed by atoms with Crippen molar-refractivity contribution in [2.24, 2.45) is 4.99 Å². The van der Waals surface area contributed by atoms with Crippen LogP contribution >= 0.6 is 0 Å². The van der Waals surface area contributed by atoms with Crippen LogP contribution in [0.3, 0.4) is 0 Å². The lowest BCUT2D eigenvalue weighted by Gasteiger charge is -2.29. The van der Waals surface area contributed by atoms with E-state index in [1.165, 1.54) is 30.1 Å². The van der Waals surface area contributed by atoms with E-state index in [0.717, 1.165) is 6.08 Å². The standard InChI is InChI=1S/C58H83N9O15/c1-13-32-78-51(74)44(61-37(3)68)36-60-46(69)29-26-40(34-39-24-27-41(28-25-39)80-56(4,5)6)62-48(71)43(35-38-20-16-15-17-21-38)64-50(73)47(70)42(63-49(72)45-23-19-31-67(45)55(77)79-33-14-2)22-18-30-59-52(65-53(75)81-57(7,8)9)66-54(76)82-58(10,11)12/h13-17,20-21,24-29,40,42-45,47,70H,1-2,18-19,22-23,30-36H2,3-12H3,(H,60,69)(H,61,68)(H,62,71)(H,63,72)(H,64,73)(H2,59,65,66,75,76)/b29-26+/t40-,42+,43-,44+,45+,47?/m1/s1. The molecule has 0 aromatic heterocycles. The predicted molar refractivity (Wildman–Crippen MR) is 305 cm³/mol. The molecule has 0 saturated carbocycles. The lowest BCUT2D eigenvalue weighted by molar-refractivity contribution is -0.146. The summed E-state index contributed by atoms with van der Waals surface area (Å²) in [6, 6.07) is 9.79. The van der Waals surface area contributed by atoms with Gasteiger partial charge in [0.2, 0.25) is 29.6 Å². The third-order valence-corrected chi connectivity index (χ3v) is 11.3. The second-order valence-corrected chi connectivity index (χ2v) is 22.1. The van der Waals surface area contributed by atoms with Gasteiger partial charge in [0.05, 0.1) is 12.1 Å². The molecule has 24 nitrogen and oxygen atoms in total. The van der Waals surface area contributed by atoms with Crippen LogP contribution in [0.25, 0.3) is 0 Å². The number of hydrogen-bond acceptors (Lipinski definition) is 16. The SMILES string of the molecule is C=CCOC(=O)[C@H](CNC(=O)/C=C/[C@H](Cc1ccc(OC(C)(C)C)cc1)NC(=O)[C@@H](Cc1ccccc1)NC(=O)C(O)[C@H](CCCN=C(NC(=O)OC(C)(C)C)NC(=O)OC(C)(C)C)NC(=O)[C@@H]1CCCN1C(=O)OCC=C)NC(C)=O. The number of amides is 8. The Morgan fingerprint density at radius 3 is 1.90 bits per heavy atom. The third-order valence-electron chi connectivity index (χ3n) is 11.3. The van der Waals surface area contributed by atoms with Gasteiger partial charge in [0.1, 0.15) is 53.9 Å². The lowest BCUT2D eigenvalue weighted by Crippen LogP contribution is -2.58. The van der Waals surface area contributed by atoms with Crippen LogP contribution in [-0.2, 0) is 60.6 Å². The molecule has 0 bridgehead atoms. The van der Waals surface area contributed by atoms with Gasteiger partial charge in [-0.05, 0) is 118 Å². The Labute approximate surface area is 480 Å². The molecule has 2 aromatic rings. The molecular weight excluding hydrogens is 1060 g/mol. The number of hydrogen-bond donors (Lipinski definition) is 8. The van der Waals surface area contributed by atoms with Crippen LogP contribution < -0.4 is 42.0 Å². The summed E-state index contributed by atoms with van der Waals surface area (Å²) in [5, 5.41) is 30.0. The molecule has 1 heterocycles. The van der Waals surface area contributed by atoms with Crippen LogP contribution in [0, 0.1) is 0 Å². The average Bonchev–Trinajstić information content (AvgIpc) is 3.92. The van der Waals surface area contributed by atoms with Crippen LogP contribution in [0.5, 0.6) is 5.75 Å². The van der Waals surface area contributed by atoms with Crippen molar-refractivity contribution in [3.05, 3.63) is 103 Å². The number of guanidine groups is 1. The summed E-state index contributed by atoms with van der Waals surface area (Å²) in [4.78, 5) is 125. The number of nitrogens with one attached hydrogen (secondary N) is 7. The zero-order valence-electron chi connectivity index (χ0n) is 48.7. The fourth-order valence-electron chi connectivity index (χ4n) is 7.87. The van der Waals surface area contributed by atoms with Gasteiger partial charge in [-0.25, -0.2) is 19.2 Å². The highest BCUT2D eigenvalue weighted by molar-refractivity contribution is 6.01. The summed E-state index contributed by atoms with van der Waals surface area (Å²) in [6.07, 6.45) is 1.13. The van der Waals surface area contributed by atoms with Crippen LogP contribution in [0.4, 0.5) is 14.4 Å². The first kappa shape index (κ1) is 68.0. The first-order valence-corrected chi connectivity index (χ1v) is 27.0. The van der Waals surface area contributed by atoms with E-state index in [9.17, 15) is 48.3 Å². The van der Waals surface area contributed by atoms with Crippen molar-refractivity contribution in [3.8, 4) is 5.75 Å². The van der Waals surface area contributed by atoms with E-state index in [1.807, 2.05) is 20.8 Å². The van der Waals surface area contributed by atoms with E-state index in [0.29, 0.717) is 23.3 Å². The van der Waals surface area contributed by atoms with Gasteiger partial charge in [-0.3, -0.25) is 44.5 Å². The Morgan fingerprint density at radius 2 is 1.33 bits per heavy atom. The molecule has 24 heteroatoms. The molecule has 1 aliphatic rings. The number of rotatable bonds is 26. The maximum atomic E-state index is 14.6. The quantitative estimate of drug-likeness (QED) is 0.0124. The van der Waals surface area contributed by atoms with E-state index in [1.54, 1.807) is 96.1 Å². The average molecular weight is 1150 g/mol. The summed E-state index contributed by atoms with van der Waals surface area (Å²) in [7, 11) is 0. The molecule has 8 N–H and O–H groups in total. The minimum absolute atomic E-state index is 0.00661. The molecular formula is C58H83N9O15. The van der Waals surface area contributed by atoms with Gasteiger partial charge < -0.3 is 55.4 Å². The minimum Gasteiger partial charge on any atom is -0.488 e. The molecule has 1 unspecified atom stereocenters. The Balaban J connectivity index is 2.01. The van der Waals surface area contributed by atoms with Gasteiger partial charge in [-0.1, -0.05) is 73.9 Å². The lowest BCUT2D eigenvalue weighted by atomic mass is 10.0. The topological polar surface area (TPSA) is 320 Å². The van der Waals surface area contributed by atoms with E-state index in [2.05, 4.69) is 55.4 Å². The monoisotopic (exact) mass is 1150 g/mol. The van der Waals surface area contributed by atoms with Gasteiger partial charge in [0, 0.05) is 39.1 Å². The largest absolute Gasteiger partial charge is 0.488 e. The molecule has 0 radical (unpaired) electrons. The number of aliphatic imine (C=N–C) groups is 1. The highest BCUT2D eigenvalue weighted by Crippen LogP contribution is 2.21. The van der Waals surface area contributed by atoms with Gasteiger partial charge in [-0.15, -0.1) is 0 Å². The van der Waals surface area contributed by atoms with Crippen LogP contribution in [0.2, 0.25) is 0 Å². The van der Waals surface area contributed by atoms with Gasteiger partial charge in [0.15, 0.2) is 6.10 Å². The molecule has 2 aromatic carbocycles. The summed E-state index contributed by atoms with van der Waals surface area (Å²) in [5.74, 6) is -4.32. The van der Waals surface area contributed by atoms with Gasteiger partial charge >= 0.3 is 24.2 Å². The van der Waals surface area contributed by atoms with Crippen molar-refractivity contribution in [1.82, 2.24) is 42.1 Å². The van der Waals surface area contributed by atoms with E-state index >= 15 is 0 Å². The van der Waals surface area contributed by atoms with Crippen molar-refractivity contribution in [1.29, 1.82) is 0 Å². The number of aliphatic hydroxyl groups is 1. The molecule has 1 aliphatic heterocycles. The maximum Gasteiger partial charge on any atom is 0.414 e. The number of carbonyl (C=O) groups excluding carboxylic acids is 9. The van der Waals surface area contributed by atoms with E-state index in [-0.39, 0.29) is 70.9 Å². The smallest absolute Gasteiger partial charge is 0.414 e. The van der Waals surface area contributed by atoms with Crippen LogP contribution in [0.15, 0.2) is 97.1 Å². The molecule has 1 fully saturated rings. The second-order valence-electron chi connectivity index (χ2n) is 22.1. The minimum atomic E-state index is -2.04. The highest BCUT2D eigenvalue weighted by atomic mass is 16.6. The maximum absolute atomic E-state index is 14.6. The molecule has 0 aliphatic carbocycles. The molecule has 1 saturated heterocycles. The number of nitrogens with zero attached hydrogens (tertiary/aromatic N) is 2. The zero-order valence-corrected chi connectivity index (χ0v) is 48.7. The number of ether oxygens (including phenoxy) is 5. The number of benzene rings is 2. The van der Waals surface area contributed by atoms with Crippen molar-refractivity contribution < 1.29 is 71.9 Å². The first-order valence-electron chi connectivity index (χ1n) is 27.0. The normalized spacial score (nSPS) is 15.1. The van der Waals surface area contributed by atoms with Crippen LogP contribution in [0.1, 0.15) is 106 Å². The number of alkyl carbamates (subject to hydrolysis) is 2. The number of likely N-dealkylation sites (tertiary alicyclic amines) is 1. The van der Waals surface area contributed by atoms with Crippen molar-refractivity contribution in [2.75, 3.05) is 32.8 Å². The number of carbonyl (C=O) groups is 9. The molecule has 450 valence electrons. The molecule has 82 heavy (non-hydrogen) atoms. The molecule has 0 spiro atoms. The summed E-state index contributed by atoms with van der Waals surface area (Å²) < 4.78 is 26.9. The third kappa shape index (κ3) is 26.8. The Bertz CT molecular complexity index is 2540. The molecule has 3 rings (SSSR count). The fraction of sp³-hybridized carbons (Fsp3) is 0.517. The summed E-state index contributed by atoms with van der Waals surface area (Å²) >= 11 is 0. The van der Waals surface area contributed by atoms with Gasteiger partial charge in [-0.2, -0.15) is 0 Å². The molecule has 6 atom stereocenters. The van der Waals surface area contributed by atoms with Crippen LogP contribution in [-0.4, -0.2) is 156 Å². The highest BCUT2D eigenvalue weighted by Gasteiger charge is 2.38. The Kier molecular flexibility index (Phi) is 27.2. The predicted octanol–water partition coefficient (Wildman–Crippen LogP) is 4.34. The zero-order chi connectivity index (χ0) is 61.2. The van der Waals surface area contributed by atoms with E-state index < -0.39 is 107 Å². The first-order chi connectivity index (χ1) is 38.4. The van der Waals surface area contributed by atoms with Gasteiger partial charge in [0.25, 0.3) is 5.91 Å². The fourth-order valence-corrected chi connectivity index (χ4v) is 7.87. The van der Waals surface area contributed by atoms with E-state index in [4.69, 9.17) is 23.7 Å². The molecule has 8 amide bonds. The summed E-state index contributed by atoms with van der Waals surface area (Å²) in [5.41, 5.74) is -1.00.